The van der Waals surface area contributed by atoms with Crippen molar-refractivity contribution in [1.29, 1.82) is 0 Å². The molecule has 104 valence electrons. The number of carbonyl (C=O) groups excluding carboxylic acids is 1. The molecular weight excluding hydrogens is 277 g/mol. The molecule has 20 heavy (non-hydrogen) atoms. The Balaban J connectivity index is 1.90. The number of carbonyl (C=O) groups is 1. The second kappa shape index (κ2) is 6.53. The molecule has 2 rings (SSSR count). The molecule has 1 N–H and O–H groups in total. The van der Waals surface area contributed by atoms with Crippen molar-refractivity contribution in [2.75, 3.05) is 5.32 Å². The highest BCUT2D eigenvalue weighted by atomic mass is 35.5. The molecular formula is C16H15ClFNO. The fraction of sp³-hybridized carbons (Fsp3) is 0.188. The quantitative estimate of drug-likeness (QED) is 0.891. The fourth-order valence-corrected chi connectivity index (χ4v) is 2.03. The summed E-state index contributed by atoms with van der Waals surface area (Å²) >= 11 is 5.85. The van der Waals surface area contributed by atoms with Crippen LogP contribution in [0.25, 0.3) is 0 Å². The van der Waals surface area contributed by atoms with Crippen LogP contribution in [0.1, 0.15) is 17.5 Å². The van der Waals surface area contributed by atoms with E-state index in [2.05, 4.69) is 5.32 Å². The van der Waals surface area contributed by atoms with Crippen molar-refractivity contribution in [2.45, 2.75) is 19.8 Å². The summed E-state index contributed by atoms with van der Waals surface area (Å²) in [6.07, 6.45) is 1.02. The standard InChI is InChI=1S/C16H15ClFNO/c1-11-2-4-12(5-3-11)6-9-16(20)19-15-8-7-13(18)10-14(15)17/h2-5,7-8,10H,6,9H2,1H3,(H,19,20). The Labute approximate surface area is 122 Å². The van der Waals surface area contributed by atoms with Crippen molar-refractivity contribution in [3.63, 3.8) is 0 Å². The van der Waals surface area contributed by atoms with Crippen LogP contribution in [0.5, 0.6) is 0 Å². The van der Waals surface area contributed by atoms with Gasteiger partial charge in [-0.3, -0.25) is 4.79 Å². The van der Waals surface area contributed by atoms with Gasteiger partial charge in [0.1, 0.15) is 5.82 Å². The molecule has 0 aliphatic heterocycles. The lowest BCUT2D eigenvalue weighted by Gasteiger charge is -2.07. The van der Waals surface area contributed by atoms with Gasteiger partial charge in [0.25, 0.3) is 0 Å². The molecule has 0 aliphatic carbocycles. The number of halogens is 2. The van der Waals surface area contributed by atoms with Gasteiger partial charge in [0.15, 0.2) is 0 Å². The number of hydrogen-bond donors (Lipinski definition) is 1. The highest BCUT2D eigenvalue weighted by molar-refractivity contribution is 6.33. The van der Waals surface area contributed by atoms with E-state index in [1.807, 2.05) is 31.2 Å². The zero-order valence-electron chi connectivity index (χ0n) is 11.1. The molecule has 0 saturated carbocycles. The maximum absolute atomic E-state index is 12.9. The summed E-state index contributed by atoms with van der Waals surface area (Å²) in [7, 11) is 0. The minimum atomic E-state index is -0.423. The first-order valence-corrected chi connectivity index (χ1v) is 6.73. The third-order valence-electron chi connectivity index (χ3n) is 2.97. The highest BCUT2D eigenvalue weighted by Crippen LogP contribution is 2.22. The molecule has 4 heteroatoms. The maximum atomic E-state index is 12.9. The van der Waals surface area contributed by atoms with E-state index in [9.17, 15) is 9.18 Å². The first-order valence-electron chi connectivity index (χ1n) is 6.35. The fourth-order valence-electron chi connectivity index (χ4n) is 1.82. The number of nitrogens with one attached hydrogen (secondary N) is 1. The van der Waals surface area contributed by atoms with E-state index in [1.165, 1.54) is 23.8 Å². The molecule has 0 radical (unpaired) electrons. The van der Waals surface area contributed by atoms with Crippen LogP contribution >= 0.6 is 11.6 Å². The zero-order chi connectivity index (χ0) is 14.5. The van der Waals surface area contributed by atoms with E-state index < -0.39 is 5.82 Å². The molecule has 0 atom stereocenters. The van der Waals surface area contributed by atoms with Gasteiger partial charge in [-0.25, -0.2) is 4.39 Å². The molecule has 0 fully saturated rings. The van der Waals surface area contributed by atoms with Gasteiger partial charge in [0.2, 0.25) is 5.91 Å². The van der Waals surface area contributed by atoms with Gasteiger partial charge < -0.3 is 5.32 Å². The monoisotopic (exact) mass is 291 g/mol. The Morgan fingerprint density at radius 2 is 1.90 bits per heavy atom. The topological polar surface area (TPSA) is 29.1 Å². The van der Waals surface area contributed by atoms with Crippen molar-refractivity contribution < 1.29 is 9.18 Å². The van der Waals surface area contributed by atoms with Crippen LogP contribution < -0.4 is 5.32 Å². The van der Waals surface area contributed by atoms with Crippen molar-refractivity contribution in [3.8, 4) is 0 Å². The number of anilines is 1. The molecule has 0 saturated heterocycles. The summed E-state index contributed by atoms with van der Waals surface area (Å²) in [6, 6.07) is 12.0. The van der Waals surface area contributed by atoms with Crippen molar-refractivity contribution in [3.05, 3.63) is 64.4 Å². The number of aryl methyl sites for hydroxylation is 2. The SMILES string of the molecule is Cc1ccc(CCC(=O)Nc2ccc(F)cc2Cl)cc1. The van der Waals surface area contributed by atoms with Crippen LogP contribution in [0.2, 0.25) is 5.02 Å². The molecule has 1 amide bonds. The Bertz CT molecular complexity index is 610. The van der Waals surface area contributed by atoms with Crippen LogP contribution in [0.4, 0.5) is 10.1 Å². The van der Waals surface area contributed by atoms with Gasteiger partial charge in [-0.1, -0.05) is 41.4 Å². The Morgan fingerprint density at radius 1 is 1.20 bits per heavy atom. The Morgan fingerprint density at radius 3 is 2.55 bits per heavy atom. The van der Waals surface area contributed by atoms with Crippen LogP contribution in [-0.2, 0) is 11.2 Å². The lowest BCUT2D eigenvalue weighted by molar-refractivity contribution is -0.116. The van der Waals surface area contributed by atoms with E-state index in [-0.39, 0.29) is 10.9 Å². The van der Waals surface area contributed by atoms with E-state index in [1.54, 1.807) is 0 Å². The minimum Gasteiger partial charge on any atom is -0.325 e. The zero-order valence-corrected chi connectivity index (χ0v) is 11.9. The summed E-state index contributed by atoms with van der Waals surface area (Å²) in [5.74, 6) is -0.563. The summed E-state index contributed by atoms with van der Waals surface area (Å²) < 4.78 is 12.9. The minimum absolute atomic E-state index is 0.140. The average molecular weight is 292 g/mol. The molecule has 0 spiro atoms. The lowest BCUT2D eigenvalue weighted by atomic mass is 10.1. The van der Waals surface area contributed by atoms with Crippen molar-refractivity contribution in [2.24, 2.45) is 0 Å². The first-order chi connectivity index (χ1) is 9.54. The van der Waals surface area contributed by atoms with Crippen LogP contribution in [-0.4, -0.2) is 5.91 Å². The maximum Gasteiger partial charge on any atom is 0.224 e. The molecule has 2 aromatic rings. The van der Waals surface area contributed by atoms with Crippen molar-refractivity contribution in [1.82, 2.24) is 0 Å². The molecule has 0 heterocycles. The van der Waals surface area contributed by atoms with E-state index >= 15 is 0 Å². The van der Waals surface area contributed by atoms with Gasteiger partial charge in [-0.2, -0.15) is 0 Å². The van der Waals surface area contributed by atoms with Gasteiger partial charge in [0.05, 0.1) is 10.7 Å². The van der Waals surface area contributed by atoms with Gasteiger partial charge in [-0.15, -0.1) is 0 Å². The summed E-state index contributed by atoms with van der Waals surface area (Å²) in [5.41, 5.74) is 2.73. The molecule has 0 unspecified atom stereocenters. The molecule has 0 bridgehead atoms. The largest absolute Gasteiger partial charge is 0.325 e. The van der Waals surface area contributed by atoms with E-state index in [4.69, 9.17) is 11.6 Å². The number of amides is 1. The van der Waals surface area contributed by atoms with Crippen molar-refractivity contribution >= 4 is 23.2 Å². The third-order valence-corrected chi connectivity index (χ3v) is 3.28. The third kappa shape index (κ3) is 4.07. The Hall–Kier alpha value is -1.87. The molecule has 2 nitrogen and oxygen atoms in total. The number of rotatable bonds is 4. The summed E-state index contributed by atoms with van der Waals surface area (Å²) in [5, 5.41) is 2.88. The number of benzene rings is 2. The average Bonchev–Trinajstić information content (AvgIpc) is 2.41. The predicted molar refractivity (Wildman–Crippen MR) is 79.5 cm³/mol. The second-order valence-corrected chi connectivity index (χ2v) is 5.07. The van der Waals surface area contributed by atoms with Crippen LogP contribution in [0.3, 0.4) is 0 Å². The van der Waals surface area contributed by atoms with Gasteiger partial charge in [0, 0.05) is 6.42 Å². The lowest BCUT2D eigenvalue weighted by Crippen LogP contribution is -2.12. The number of hydrogen-bond acceptors (Lipinski definition) is 1. The summed E-state index contributed by atoms with van der Waals surface area (Å²) in [6.45, 7) is 2.02. The predicted octanol–water partition coefficient (Wildman–Crippen LogP) is 4.36. The van der Waals surface area contributed by atoms with Crippen LogP contribution in [0, 0.1) is 12.7 Å². The molecule has 0 aliphatic rings. The molecule has 2 aromatic carbocycles. The van der Waals surface area contributed by atoms with E-state index in [0.29, 0.717) is 18.5 Å². The van der Waals surface area contributed by atoms with Crippen LogP contribution in [0.15, 0.2) is 42.5 Å². The Kier molecular flexibility index (Phi) is 4.74. The molecule has 0 aromatic heterocycles. The second-order valence-electron chi connectivity index (χ2n) is 4.66. The van der Waals surface area contributed by atoms with Gasteiger partial charge in [-0.05, 0) is 37.1 Å². The summed E-state index contributed by atoms with van der Waals surface area (Å²) in [4.78, 5) is 11.8. The first kappa shape index (κ1) is 14.5. The van der Waals surface area contributed by atoms with E-state index in [0.717, 1.165) is 5.56 Å². The van der Waals surface area contributed by atoms with Gasteiger partial charge >= 0.3 is 0 Å². The smallest absolute Gasteiger partial charge is 0.224 e. The highest BCUT2D eigenvalue weighted by Gasteiger charge is 2.07. The normalized spacial score (nSPS) is 10.3.